The number of hydrogen-bond acceptors (Lipinski definition) is 7. The Hall–Kier alpha value is -4.23. The Morgan fingerprint density at radius 3 is 1.32 bits per heavy atom. The monoisotopic (exact) mass is 512 g/mol. The maximum atomic E-state index is 6.00. The molecule has 0 atom stereocenters. The average Bonchev–Trinajstić information content (AvgIpc) is 2.91. The lowest BCUT2D eigenvalue weighted by Crippen LogP contribution is -1.92. The van der Waals surface area contributed by atoms with Gasteiger partial charge in [-0.3, -0.25) is 0 Å². The summed E-state index contributed by atoms with van der Waals surface area (Å²) in [5.74, 6) is 4.12. The summed E-state index contributed by atoms with van der Waals surface area (Å²) in [6.45, 7) is 3.62. The van der Waals surface area contributed by atoms with Crippen LogP contribution in [0.5, 0.6) is 23.0 Å². The fraction of sp³-hybridized carbons (Fsp3) is 0.133. The third kappa shape index (κ3) is 7.88. The highest BCUT2D eigenvalue weighted by atomic mass is 32.2. The van der Waals surface area contributed by atoms with Gasteiger partial charge in [-0.25, -0.2) is 9.98 Å². The summed E-state index contributed by atoms with van der Waals surface area (Å²) in [6, 6.07) is 31.1. The number of benzene rings is 4. The molecule has 0 spiro atoms. The van der Waals surface area contributed by atoms with Crippen LogP contribution in [0.1, 0.15) is 13.8 Å². The molecular formula is C30H28N2O4S. The fourth-order valence-corrected chi connectivity index (χ4v) is 4.06. The minimum atomic E-state index is 0.593. The van der Waals surface area contributed by atoms with Gasteiger partial charge in [0.15, 0.2) is 11.8 Å². The summed E-state index contributed by atoms with van der Waals surface area (Å²) in [7, 11) is 3.20. The van der Waals surface area contributed by atoms with Gasteiger partial charge in [0.2, 0.25) is 0 Å². The molecule has 37 heavy (non-hydrogen) atoms. The SMILES string of the molecule is COC(C)=Nc1cccc(Oc2ccc(Sc3ccc(Oc4cccc(N=C(C)OC)c4)cc3)cc2)c1. The van der Waals surface area contributed by atoms with Crippen molar-refractivity contribution in [3.63, 3.8) is 0 Å². The first-order chi connectivity index (χ1) is 18.0. The molecule has 0 aliphatic rings. The van der Waals surface area contributed by atoms with E-state index in [1.165, 1.54) is 0 Å². The van der Waals surface area contributed by atoms with E-state index in [0.29, 0.717) is 23.3 Å². The Morgan fingerprint density at radius 1 is 0.541 bits per heavy atom. The normalized spacial score (nSPS) is 11.7. The van der Waals surface area contributed by atoms with Gasteiger partial charge in [0.25, 0.3) is 0 Å². The molecule has 4 rings (SSSR count). The Bertz CT molecular complexity index is 1280. The molecule has 0 bridgehead atoms. The zero-order chi connectivity index (χ0) is 26.0. The third-order valence-corrected chi connectivity index (χ3v) is 6.17. The topological polar surface area (TPSA) is 61.6 Å². The molecule has 6 nitrogen and oxygen atoms in total. The van der Waals surface area contributed by atoms with Gasteiger partial charge < -0.3 is 18.9 Å². The van der Waals surface area contributed by atoms with Gasteiger partial charge in [-0.15, -0.1) is 0 Å². The minimum absolute atomic E-state index is 0.593. The molecule has 0 radical (unpaired) electrons. The van der Waals surface area contributed by atoms with Crippen LogP contribution in [0.3, 0.4) is 0 Å². The molecule has 0 saturated carbocycles. The molecule has 0 N–H and O–H groups in total. The Balaban J connectivity index is 1.35. The van der Waals surface area contributed by atoms with E-state index in [4.69, 9.17) is 18.9 Å². The second kappa shape index (κ2) is 12.6. The molecular weight excluding hydrogens is 484 g/mol. The fourth-order valence-electron chi connectivity index (χ4n) is 3.25. The van der Waals surface area contributed by atoms with Gasteiger partial charge in [0.1, 0.15) is 23.0 Å². The molecule has 4 aromatic carbocycles. The van der Waals surface area contributed by atoms with Gasteiger partial charge >= 0.3 is 0 Å². The van der Waals surface area contributed by atoms with Crippen LogP contribution >= 0.6 is 11.8 Å². The van der Waals surface area contributed by atoms with Gasteiger partial charge in [-0.1, -0.05) is 23.9 Å². The second-order valence-corrected chi connectivity index (χ2v) is 9.06. The largest absolute Gasteiger partial charge is 0.484 e. The molecule has 7 heteroatoms. The first-order valence-electron chi connectivity index (χ1n) is 11.6. The number of rotatable bonds is 8. The quantitative estimate of drug-likeness (QED) is 0.174. The summed E-state index contributed by atoms with van der Waals surface area (Å²) >= 11 is 1.67. The molecule has 4 aromatic rings. The molecule has 0 aliphatic heterocycles. The Labute approximate surface area is 221 Å². The van der Waals surface area contributed by atoms with Crippen molar-refractivity contribution in [1.82, 2.24) is 0 Å². The van der Waals surface area contributed by atoms with Gasteiger partial charge in [-0.2, -0.15) is 0 Å². The average molecular weight is 513 g/mol. The number of methoxy groups -OCH3 is 2. The maximum absolute atomic E-state index is 6.00. The van der Waals surface area contributed by atoms with E-state index < -0.39 is 0 Å². The van der Waals surface area contributed by atoms with Crippen molar-refractivity contribution in [2.75, 3.05) is 14.2 Å². The standard InChI is InChI=1S/C30H28N2O4S/c1-21(33-3)31-23-7-5-9-27(19-23)35-25-11-15-29(16-12-25)37-30-17-13-26(14-18-30)36-28-10-6-8-24(20-28)32-22(2)34-4/h5-20H,1-4H3. The molecule has 0 saturated heterocycles. The van der Waals surface area contributed by atoms with Crippen LogP contribution < -0.4 is 9.47 Å². The minimum Gasteiger partial charge on any atom is -0.484 e. The van der Waals surface area contributed by atoms with Crippen LogP contribution in [-0.4, -0.2) is 26.0 Å². The molecule has 0 fully saturated rings. The second-order valence-electron chi connectivity index (χ2n) is 7.91. The number of ether oxygens (including phenoxy) is 4. The van der Waals surface area contributed by atoms with E-state index in [0.717, 1.165) is 32.7 Å². The number of nitrogens with zero attached hydrogens (tertiary/aromatic N) is 2. The van der Waals surface area contributed by atoms with Crippen LogP contribution in [0.25, 0.3) is 0 Å². The van der Waals surface area contributed by atoms with E-state index in [9.17, 15) is 0 Å². The summed E-state index contributed by atoms with van der Waals surface area (Å²) < 4.78 is 22.2. The first kappa shape index (κ1) is 25.9. The highest BCUT2D eigenvalue weighted by Gasteiger charge is 2.04. The van der Waals surface area contributed by atoms with Crippen molar-refractivity contribution in [1.29, 1.82) is 0 Å². The van der Waals surface area contributed by atoms with Crippen LogP contribution in [0, 0.1) is 0 Å². The van der Waals surface area contributed by atoms with Crippen molar-refractivity contribution in [2.45, 2.75) is 23.6 Å². The zero-order valence-corrected chi connectivity index (χ0v) is 22.0. The van der Waals surface area contributed by atoms with E-state index in [1.807, 2.05) is 111 Å². The Kier molecular flexibility index (Phi) is 8.84. The van der Waals surface area contributed by atoms with Crippen molar-refractivity contribution < 1.29 is 18.9 Å². The molecule has 0 amide bonds. The molecule has 188 valence electrons. The highest BCUT2D eigenvalue weighted by molar-refractivity contribution is 7.99. The van der Waals surface area contributed by atoms with Crippen LogP contribution in [0.2, 0.25) is 0 Å². The highest BCUT2D eigenvalue weighted by Crippen LogP contribution is 2.33. The summed E-state index contributed by atoms with van der Waals surface area (Å²) in [5, 5.41) is 0. The van der Waals surface area contributed by atoms with Crippen LogP contribution in [-0.2, 0) is 9.47 Å². The van der Waals surface area contributed by atoms with E-state index >= 15 is 0 Å². The predicted octanol–water partition coefficient (Wildman–Crippen LogP) is 8.82. The van der Waals surface area contributed by atoms with Crippen molar-refractivity contribution in [3.05, 3.63) is 97.1 Å². The lowest BCUT2D eigenvalue weighted by atomic mass is 10.3. The molecule has 0 heterocycles. The van der Waals surface area contributed by atoms with Gasteiger partial charge in [0.05, 0.1) is 25.6 Å². The zero-order valence-electron chi connectivity index (χ0n) is 21.2. The Morgan fingerprint density at radius 2 is 0.946 bits per heavy atom. The summed E-state index contributed by atoms with van der Waals surface area (Å²) in [4.78, 5) is 11.0. The van der Waals surface area contributed by atoms with Gasteiger partial charge in [-0.05, 0) is 72.8 Å². The van der Waals surface area contributed by atoms with Crippen molar-refractivity contribution in [2.24, 2.45) is 9.98 Å². The lowest BCUT2D eigenvalue weighted by molar-refractivity contribution is 0.400. The van der Waals surface area contributed by atoms with Crippen molar-refractivity contribution >= 4 is 34.9 Å². The predicted molar refractivity (Wildman–Crippen MR) is 150 cm³/mol. The smallest absolute Gasteiger partial charge is 0.184 e. The maximum Gasteiger partial charge on any atom is 0.184 e. The first-order valence-corrected chi connectivity index (χ1v) is 12.4. The number of hydrogen-bond donors (Lipinski definition) is 0. The third-order valence-electron chi connectivity index (χ3n) is 5.15. The summed E-state index contributed by atoms with van der Waals surface area (Å²) in [6.07, 6.45) is 0. The van der Waals surface area contributed by atoms with Gasteiger partial charge in [0, 0.05) is 35.8 Å². The number of aliphatic imine (C=N–C) groups is 2. The molecule has 0 unspecified atom stereocenters. The van der Waals surface area contributed by atoms with Crippen molar-refractivity contribution in [3.8, 4) is 23.0 Å². The molecule has 0 aliphatic carbocycles. The van der Waals surface area contributed by atoms with Crippen LogP contribution in [0.15, 0.2) is 117 Å². The van der Waals surface area contributed by atoms with E-state index in [1.54, 1.807) is 26.0 Å². The van der Waals surface area contributed by atoms with E-state index in [2.05, 4.69) is 9.98 Å². The van der Waals surface area contributed by atoms with Crippen LogP contribution in [0.4, 0.5) is 11.4 Å². The molecule has 0 aromatic heterocycles. The summed E-state index contributed by atoms with van der Waals surface area (Å²) in [5.41, 5.74) is 1.55. The lowest BCUT2D eigenvalue weighted by Gasteiger charge is -2.09. The van der Waals surface area contributed by atoms with E-state index in [-0.39, 0.29) is 0 Å².